The highest BCUT2D eigenvalue weighted by molar-refractivity contribution is 7.99. The van der Waals surface area contributed by atoms with Crippen molar-refractivity contribution in [1.82, 2.24) is 19.2 Å². The number of nitrogens with zero attached hydrogens (tertiary/aromatic N) is 4. The number of carbonyl (C=O) groups is 1. The average Bonchev–Trinajstić information content (AvgIpc) is 3.31. The van der Waals surface area contributed by atoms with Crippen molar-refractivity contribution in [2.24, 2.45) is 0 Å². The Kier molecular flexibility index (Phi) is 6.11. The summed E-state index contributed by atoms with van der Waals surface area (Å²) in [7, 11) is 3.14. The molecule has 0 aliphatic heterocycles. The zero-order valence-electron chi connectivity index (χ0n) is 19.0. The molecule has 0 saturated heterocycles. The maximum atomic E-state index is 13.4. The SMILES string of the molecule is COc1cccc(NC(=O)CSc2nnc3n(-c4cccc(OC)c4)c(=O)c4ccccc4n23)c1. The van der Waals surface area contributed by atoms with E-state index in [2.05, 4.69) is 15.5 Å². The van der Waals surface area contributed by atoms with Crippen molar-refractivity contribution in [3.8, 4) is 17.2 Å². The van der Waals surface area contributed by atoms with Crippen LogP contribution in [0.5, 0.6) is 11.5 Å². The number of methoxy groups -OCH3 is 2. The van der Waals surface area contributed by atoms with Crippen molar-refractivity contribution in [1.29, 1.82) is 0 Å². The van der Waals surface area contributed by atoms with Crippen molar-refractivity contribution in [3.05, 3.63) is 83.2 Å². The number of aromatic nitrogens is 4. The first kappa shape index (κ1) is 22.5. The zero-order chi connectivity index (χ0) is 24.4. The molecule has 9 nitrogen and oxygen atoms in total. The number of benzene rings is 3. The van der Waals surface area contributed by atoms with Gasteiger partial charge in [0.05, 0.1) is 36.6 Å². The summed E-state index contributed by atoms with van der Waals surface area (Å²) in [5.41, 5.74) is 1.68. The second-order valence-corrected chi connectivity index (χ2v) is 8.49. The van der Waals surface area contributed by atoms with Gasteiger partial charge in [-0.05, 0) is 36.4 Å². The molecule has 0 spiro atoms. The molecule has 10 heteroatoms. The van der Waals surface area contributed by atoms with E-state index in [4.69, 9.17) is 9.47 Å². The Labute approximate surface area is 204 Å². The van der Waals surface area contributed by atoms with Crippen LogP contribution in [0, 0.1) is 0 Å². The Bertz CT molecular complexity index is 1610. The molecule has 0 bridgehead atoms. The zero-order valence-corrected chi connectivity index (χ0v) is 19.8. The number of anilines is 1. The molecule has 5 aromatic rings. The van der Waals surface area contributed by atoms with Gasteiger partial charge in [0.2, 0.25) is 11.7 Å². The number of para-hydroxylation sites is 1. The average molecular weight is 488 g/mol. The fourth-order valence-electron chi connectivity index (χ4n) is 3.78. The van der Waals surface area contributed by atoms with Crippen molar-refractivity contribution in [2.45, 2.75) is 5.16 Å². The van der Waals surface area contributed by atoms with Crippen molar-refractivity contribution >= 4 is 40.0 Å². The van der Waals surface area contributed by atoms with E-state index in [-0.39, 0.29) is 17.2 Å². The quantitative estimate of drug-likeness (QED) is 0.349. The summed E-state index contributed by atoms with van der Waals surface area (Å²) in [6.07, 6.45) is 0. The first-order valence-corrected chi connectivity index (χ1v) is 11.7. The predicted octanol–water partition coefficient (Wildman–Crippen LogP) is 3.78. The summed E-state index contributed by atoms with van der Waals surface area (Å²) in [5.74, 6) is 1.51. The minimum absolute atomic E-state index is 0.102. The Morgan fingerprint density at radius 3 is 2.49 bits per heavy atom. The molecule has 0 aliphatic carbocycles. The van der Waals surface area contributed by atoms with Crippen molar-refractivity contribution < 1.29 is 14.3 Å². The monoisotopic (exact) mass is 487 g/mol. The van der Waals surface area contributed by atoms with Gasteiger partial charge in [0.1, 0.15) is 11.5 Å². The number of thioether (sulfide) groups is 1. The number of fused-ring (bicyclic) bond motifs is 3. The molecular formula is C25H21N5O4S. The highest BCUT2D eigenvalue weighted by atomic mass is 32.2. The van der Waals surface area contributed by atoms with Gasteiger partial charge in [-0.15, -0.1) is 10.2 Å². The predicted molar refractivity (Wildman–Crippen MR) is 135 cm³/mol. The molecule has 35 heavy (non-hydrogen) atoms. The lowest BCUT2D eigenvalue weighted by atomic mass is 10.2. The minimum Gasteiger partial charge on any atom is -0.497 e. The van der Waals surface area contributed by atoms with Crippen LogP contribution in [-0.4, -0.2) is 45.0 Å². The largest absolute Gasteiger partial charge is 0.497 e. The fourth-order valence-corrected chi connectivity index (χ4v) is 4.52. The standard InChI is InChI=1S/C25H21N5O4S/c1-33-18-9-5-7-16(13-18)26-22(31)15-35-25-28-27-24-29(17-8-6-10-19(14-17)34-2)23(32)20-11-3-4-12-21(20)30(24)25/h3-14H,15H2,1-2H3,(H,26,31). The smallest absolute Gasteiger partial charge is 0.267 e. The summed E-state index contributed by atoms with van der Waals surface area (Å²) in [4.78, 5) is 26.1. The molecule has 0 aliphatic rings. The van der Waals surface area contributed by atoms with Crippen LogP contribution in [0.2, 0.25) is 0 Å². The highest BCUT2D eigenvalue weighted by Gasteiger charge is 2.19. The summed E-state index contributed by atoms with van der Waals surface area (Å²) in [5, 5.41) is 12.5. The molecule has 3 aromatic carbocycles. The maximum absolute atomic E-state index is 13.4. The van der Waals surface area contributed by atoms with Crippen LogP contribution >= 0.6 is 11.8 Å². The van der Waals surface area contributed by atoms with E-state index in [0.29, 0.717) is 44.7 Å². The third kappa shape index (κ3) is 4.31. The number of nitrogens with one attached hydrogen (secondary N) is 1. The van der Waals surface area contributed by atoms with Gasteiger partial charge in [-0.25, -0.2) is 4.57 Å². The van der Waals surface area contributed by atoms with E-state index in [0.717, 1.165) is 0 Å². The van der Waals surface area contributed by atoms with Crippen LogP contribution in [0.15, 0.2) is 82.7 Å². The van der Waals surface area contributed by atoms with Gasteiger partial charge in [0.15, 0.2) is 5.16 Å². The summed E-state index contributed by atoms with van der Waals surface area (Å²) in [6.45, 7) is 0. The Morgan fingerprint density at radius 2 is 1.69 bits per heavy atom. The summed E-state index contributed by atoms with van der Waals surface area (Å²) < 4.78 is 13.8. The van der Waals surface area contributed by atoms with E-state index in [1.807, 2.05) is 24.3 Å². The number of ether oxygens (including phenoxy) is 2. The number of hydrogen-bond donors (Lipinski definition) is 1. The number of carbonyl (C=O) groups excluding carboxylic acids is 1. The highest BCUT2D eigenvalue weighted by Crippen LogP contribution is 2.25. The molecule has 0 fully saturated rings. The van der Waals surface area contributed by atoms with Crippen molar-refractivity contribution in [2.75, 3.05) is 25.3 Å². The molecule has 5 rings (SSSR count). The van der Waals surface area contributed by atoms with Gasteiger partial charge in [0, 0.05) is 17.8 Å². The van der Waals surface area contributed by atoms with Gasteiger partial charge in [-0.1, -0.05) is 36.0 Å². The first-order chi connectivity index (χ1) is 17.1. The third-order valence-corrected chi connectivity index (χ3v) is 6.32. The molecule has 2 aromatic heterocycles. The molecule has 0 atom stereocenters. The molecule has 1 N–H and O–H groups in total. The Morgan fingerprint density at radius 1 is 0.943 bits per heavy atom. The van der Waals surface area contributed by atoms with E-state index in [1.54, 1.807) is 67.2 Å². The van der Waals surface area contributed by atoms with E-state index < -0.39 is 0 Å². The minimum atomic E-state index is -0.221. The third-order valence-electron chi connectivity index (χ3n) is 5.39. The van der Waals surface area contributed by atoms with E-state index >= 15 is 0 Å². The lowest BCUT2D eigenvalue weighted by Gasteiger charge is -2.12. The second-order valence-electron chi connectivity index (χ2n) is 7.55. The fraction of sp³-hybridized carbons (Fsp3) is 0.120. The molecular weight excluding hydrogens is 466 g/mol. The van der Waals surface area contributed by atoms with Crippen molar-refractivity contribution in [3.63, 3.8) is 0 Å². The molecule has 2 heterocycles. The second kappa shape index (κ2) is 9.51. The summed E-state index contributed by atoms with van der Waals surface area (Å²) >= 11 is 1.23. The van der Waals surface area contributed by atoms with E-state index in [9.17, 15) is 9.59 Å². The number of amides is 1. The van der Waals surface area contributed by atoms with Crippen LogP contribution < -0.4 is 20.3 Å². The Balaban J connectivity index is 1.53. The maximum Gasteiger partial charge on any atom is 0.267 e. The first-order valence-electron chi connectivity index (χ1n) is 10.7. The molecule has 0 saturated carbocycles. The van der Waals surface area contributed by atoms with Gasteiger partial charge in [0.25, 0.3) is 5.56 Å². The normalized spacial score (nSPS) is 11.0. The van der Waals surface area contributed by atoms with Gasteiger partial charge in [-0.2, -0.15) is 0 Å². The van der Waals surface area contributed by atoms with Crippen LogP contribution in [0.3, 0.4) is 0 Å². The molecule has 176 valence electrons. The summed E-state index contributed by atoms with van der Waals surface area (Å²) in [6, 6.07) is 21.6. The molecule has 0 unspecified atom stereocenters. The lowest BCUT2D eigenvalue weighted by Crippen LogP contribution is -2.22. The molecule has 0 radical (unpaired) electrons. The van der Waals surface area contributed by atoms with Gasteiger partial charge < -0.3 is 14.8 Å². The van der Waals surface area contributed by atoms with Gasteiger partial charge in [-0.3, -0.25) is 14.0 Å². The number of hydrogen-bond acceptors (Lipinski definition) is 7. The lowest BCUT2D eigenvalue weighted by molar-refractivity contribution is -0.113. The van der Waals surface area contributed by atoms with E-state index in [1.165, 1.54) is 16.3 Å². The molecule has 1 amide bonds. The van der Waals surface area contributed by atoms with Crippen LogP contribution in [0.25, 0.3) is 22.4 Å². The topological polar surface area (TPSA) is 99.8 Å². The van der Waals surface area contributed by atoms with Crippen LogP contribution in [0.1, 0.15) is 0 Å². The number of rotatable bonds is 7. The Hall–Kier alpha value is -4.31. The van der Waals surface area contributed by atoms with Gasteiger partial charge >= 0.3 is 0 Å². The van der Waals surface area contributed by atoms with Crippen LogP contribution in [0.4, 0.5) is 5.69 Å². The van der Waals surface area contributed by atoms with Crippen LogP contribution in [-0.2, 0) is 4.79 Å².